The number of likely N-dealkylation sites (N-methyl/N-ethyl adjacent to an activating group) is 1. The van der Waals surface area contributed by atoms with Crippen LogP contribution in [0.2, 0.25) is 0 Å². The molecule has 6 nitrogen and oxygen atoms in total. The van der Waals surface area contributed by atoms with E-state index in [0.29, 0.717) is 23.5 Å². The van der Waals surface area contributed by atoms with Crippen molar-refractivity contribution in [3.8, 4) is 0 Å². The van der Waals surface area contributed by atoms with Gasteiger partial charge in [0.05, 0.1) is 6.04 Å². The molecule has 220 valence electrons. The third-order valence-electron chi connectivity index (χ3n) is 8.48. The van der Waals surface area contributed by atoms with E-state index in [1.165, 1.54) is 18.1 Å². The Morgan fingerprint density at radius 3 is 2.08 bits per heavy atom. The van der Waals surface area contributed by atoms with Gasteiger partial charge in [0.25, 0.3) is 0 Å². The van der Waals surface area contributed by atoms with Crippen molar-refractivity contribution >= 4 is 0 Å². The average Bonchev–Trinajstić information content (AvgIpc) is 2.76. The Hall–Kier alpha value is -1.56. The molecule has 0 aromatic heterocycles. The molecular weight excluding hydrogens is 468 g/mol. The highest BCUT2D eigenvalue weighted by Gasteiger charge is 2.39. The van der Waals surface area contributed by atoms with E-state index in [0.717, 1.165) is 52.2 Å². The highest BCUT2D eigenvalue weighted by atomic mass is 15.4. The SMILES string of the molecule is CC(C)N1CCC(C)N(CCN(C)CC(C)(C)C)C2=CN(C(C)(C)C)CCN2C2C=C1N(C(C)(C)C)CC2. The third-order valence-corrected chi connectivity index (χ3v) is 8.48. The Bertz CT molecular complexity index is 839. The normalized spacial score (nSPS) is 24.1. The number of rotatable bonds is 5. The van der Waals surface area contributed by atoms with Crippen LogP contribution in [0.1, 0.15) is 95.9 Å². The minimum absolute atomic E-state index is 0.118. The van der Waals surface area contributed by atoms with Gasteiger partial charge in [0.1, 0.15) is 11.6 Å². The second kappa shape index (κ2) is 11.5. The van der Waals surface area contributed by atoms with Crippen molar-refractivity contribution in [2.24, 2.45) is 5.41 Å². The molecule has 0 saturated carbocycles. The van der Waals surface area contributed by atoms with Gasteiger partial charge in [0.15, 0.2) is 0 Å². The van der Waals surface area contributed by atoms with E-state index >= 15 is 0 Å². The summed E-state index contributed by atoms with van der Waals surface area (Å²) in [6, 6.07) is 1.38. The molecule has 3 aliphatic rings. The van der Waals surface area contributed by atoms with Gasteiger partial charge in [-0.05, 0) is 93.7 Å². The average molecular weight is 531 g/mol. The minimum atomic E-state index is 0.118. The quantitative estimate of drug-likeness (QED) is 0.451. The summed E-state index contributed by atoms with van der Waals surface area (Å²) in [5, 5.41) is 0. The Balaban J connectivity index is 2.05. The largest absolute Gasteiger partial charge is 0.368 e. The summed E-state index contributed by atoms with van der Waals surface area (Å²) in [7, 11) is 2.30. The molecule has 3 heterocycles. The maximum atomic E-state index is 2.76. The van der Waals surface area contributed by atoms with E-state index < -0.39 is 0 Å². The fourth-order valence-corrected chi connectivity index (χ4v) is 6.46. The van der Waals surface area contributed by atoms with E-state index in [-0.39, 0.29) is 11.1 Å². The molecule has 38 heavy (non-hydrogen) atoms. The summed E-state index contributed by atoms with van der Waals surface area (Å²) in [5.41, 5.74) is 0.551. The van der Waals surface area contributed by atoms with Crippen LogP contribution in [0.15, 0.2) is 23.9 Å². The molecule has 0 N–H and O–H groups in total. The summed E-state index contributed by atoms with van der Waals surface area (Å²) < 4.78 is 0. The molecule has 6 heteroatoms. The molecule has 3 aliphatic heterocycles. The van der Waals surface area contributed by atoms with Crippen molar-refractivity contribution < 1.29 is 0 Å². The first-order valence-electron chi connectivity index (χ1n) is 15.3. The summed E-state index contributed by atoms with van der Waals surface area (Å²) in [6.45, 7) is 36.0. The number of fused-ring (bicyclic) bond motifs is 3. The van der Waals surface area contributed by atoms with Crippen molar-refractivity contribution in [1.82, 2.24) is 29.4 Å². The van der Waals surface area contributed by atoms with Gasteiger partial charge in [-0.1, -0.05) is 20.8 Å². The zero-order chi connectivity index (χ0) is 28.6. The molecule has 0 saturated heterocycles. The predicted octanol–water partition coefficient (Wildman–Crippen LogP) is 5.70. The zero-order valence-electron chi connectivity index (χ0n) is 27.4. The highest BCUT2D eigenvalue weighted by Crippen LogP contribution is 2.35. The Kier molecular flexibility index (Phi) is 9.38. The van der Waals surface area contributed by atoms with Gasteiger partial charge in [-0.3, -0.25) is 0 Å². The molecule has 0 amide bonds. The minimum Gasteiger partial charge on any atom is -0.368 e. The monoisotopic (exact) mass is 531 g/mol. The molecule has 0 aliphatic carbocycles. The molecule has 0 aromatic carbocycles. The van der Waals surface area contributed by atoms with E-state index in [2.05, 4.69) is 132 Å². The van der Waals surface area contributed by atoms with Crippen molar-refractivity contribution in [1.29, 1.82) is 0 Å². The maximum absolute atomic E-state index is 2.76. The molecule has 2 unspecified atom stereocenters. The van der Waals surface area contributed by atoms with E-state index in [1.807, 2.05) is 0 Å². The first kappa shape index (κ1) is 31.0. The van der Waals surface area contributed by atoms with Crippen LogP contribution < -0.4 is 0 Å². The molecular formula is C32H62N6. The van der Waals surface area contributed by atoms with Crippen molar-refractivity contribution in [3.05, 3.63) is 23.9 Å². The second-order valence-corrected chi connectivity index (χ2v) is 15.7. The van der Waals surface area contributed by atoms with Crippen LogP contribution in [0.4, 0.5) is 0 Å². The molecule has 3 rings (SSSR count). The Labute approximate surface area is 236 Å². The fourth-order valence-electron chi connectivity index (χ4n) is 6.46. The number of nitrogens with zero attached hydrogens (tertiary/aromatic N) is 6. The van der Waals surface area contributed by atoms with Crippen LogP contribution >= 0.6 is 0 Å². The topological polar surface area (TPSA) is 19.4 Å². The lowest BCUT2D eigenvalue weighted by atomic mass is 9.96. The first-order valence-corrected chi connectivity index (χ1v) is 15.3. The first-order chi connectivity index (χ1) is 17.4. The van der Waals surface area contributed by atoms with Crippen LogP contribution in [0.25, 0.3) is 0 Å². The van der Waals surface area contributed by atoms with Crippen molar-refractivity contribution in [3.63, 3.8) is 0 Å². The van der Waals surface area contributed by atoms with E-state index in [1.54, 1.807) is 0 Å². The van der Waals surface area contributed by atoms with Crippen molar-refractivity contribution in [2.75, 3.05) is 52.9 Å². The second-order valence-electron chi connectivity index (χ2n) is 15.7. The molecule has 0 fully saturated rings. The highest BCUT2D eigenvalue weighted by molar-refractivity contribution is 5.19. The van der Waals surface area contributed by atoms with Gasteiger partial charge in [-0.25, -0.2) is 0 Å². The van der Waals surface area contributed by atoms with Gasteiger partial charge in [0.2, 0.25) is 0 Å². The predicted molar refractivity (Wildman–Crippen MR) is 164 cm³/mol. The summed E-state index contributed by atoms with van der Waals surface area (Å²) in [5.74, 6) is 2.89. The van der Waals surface area contributed by atoms with Gasteiger partial charge in [-0.15, -0.1) is 0 Å². The summed E-state index contributed by atoms with van der Waals surface area (Å²) in [6.07, 6.45) is 7.46. The van der Waals surface area contributed by atoms with Gasteiger partial charge >= 0.3 is 0 Å². The van der Waals surface area contributed by atoms with Gasteiger partial charge in [-0.2, -0.15) is 0 Å². The number of hydrogen-bond donors (Lipinski definition) is 0. The van der Waals surface area contributed by atoms with Gasteiger partial charge in [0, 0.05) is 75.2 Å². The van der Waals surface area contributed by atoms with Crippen LogP contribution in [0, 0.1) is 5.41 Å². The van der Waals surface area contributed by atoms with Crippen LogP contribution in [-0.4, -0.2) is 111 Å². The smallest absolute Gasteiger partial charge is 0.121 e. The summed E-state index contributed by atoms with van der Waals surface area (Å²) in [4.78, 5) is 16.0. The standard InChI is InChI=1S/C32H62N6/c1-25(2)35-16-14-26(3)36(20-18-33(13)24-30(4,5)6)29-23-34(31(7,8)9)19-21-37(29)27-15-17-38(28(35)22-27)32(10,11)12/h22-23,25-27H,14-21,24H2,1-13H3. The maximum Gasteiger partial charge on any atom is 0.121 e. The lowest BCUT2D eigenvalue weighted by Gasteiger charge is -2.54. The molecule has 0 aromatic rings. The Morgan fingerprint density at radius 2 is 1.53 bits per heavy atom. The molecule has 2 bridgehead atoms. The van der Waals surface area contributed by atoms with Crippen LogP contribution in [-0.2, 0) is 0 Å². The summed E-state index contributed by atoms with van der Waals surface area (Å²) >= 11 is 0. The molecule has 0 radical (unpaired) electrons. The molecule has 2 atom stereocenters. The Morgan fingerprint density at radius 1 is 0.868 bits per heavy atom. The van der Waals surface area contributed by atoms with E-state index in [9.17, 15) is 0 Å². The van der Waals surface area contributed by atoms with Gasteiger partial charge < -0.3 is 29.4 Å². The lowest BCUT2D eigenvalue weighted by molar-refractivity contribution is 0.0357. The lowest BCUT2D eigenvalue weighted by Crippen LogP contribution is -2.58. The third kappa shape index (κ3) is 7.55. The van der Waals surface area contributed by atoms with Crippen LogP contribution in [0.3, 0.4) is 0 Å². The fraction of sp³-hybridized carbons (Fsp3) is 0.875. The van der Waals surface area contributed by atoms with E-state index in [4.69, 9.17) is 0 Å². The zero-order valence-corrected chi connectivity index (χ0v) is 27.4. The van der Waals surface area contributed by atoms with Crippen molar-refractivity contribution in [2.45, 2.75) is 125 Å². The van der Waals surface area contributed by atoms with Crippen LogP contribution in [0.5, 0.6) is 0 Å². The molecule has 0 spiro atoms. The number of hydrogen-bond acceptors (Lipinski definition) is 6.